The number of hydrogen-bond donors (Lipinski definition) is 3. The average molecular weight is 379 g/mol. The third kappa shape index (κ3) is 4.20. The van der Waals surface area contributed by atoms with E-state index in [-0.39, 0.29) is 11.6 Å². The van der Waals surface area contributed by atoms with E-state index in [9.17, 15) is 9.59 Å². The molecule has 0 bridgehead atoms. The van der Waals surface area contributed by atoms with E-state index in [2.05, 4.69) is 20.8 Å². The Hall–Kier alpha value is -2.77. The van der Waals surface area contributed by atoms with Crippen LogP contribution in [0.1, 0.15) is 10.4 Å². The van der Waals surface area contributed by atoms with Crippen molar-refractivity contribution in [3.05, 3.63) is 58.3 Å². The van der Waals surface area contributed by atoms with Gasteiger partial charge in [0.2, 0.25) is 0 Å². The highest BCUT2D eigenvalue weighted by Gasteiger charge is 2.10. The Bertz CT molecular complexity index is 942. The minimum Gasteiger partial charge on any atom is -0.482 e. The van der Waals surface area contributed by atoms with Crippen molar-refractivity contribution in [2.24, 2.45) is 0 Å². The van der Waals surface area contributed by atoms with E-state index in [0.717, 1.165) is 11.0 Å². The zero-order valence-electron chi connectivity index (χ0n) is 12.7. The quantitative estimate of drug-likeness (QED) is 0.608. The molecule has 1 heterocycles. The Morgan fingerprint density at radius 3 is 2.76 bits per heavy atom. The SMILES string of the molecule is O=C(COc1ccc(Cl)cc1Cl)NNC(=O)c1ccc2nc[nH]c2c1. The van der Waals surface area contributed by atoms with Crippen molar-refractivity contribution in [3.8, 4) is 5.75 Å². The van der Waals surface area contributed by atoms with Crippen LogP contribution in [0.5, 0.6) is 5.75 Å². The number of carbonyl (C=O) groups excluding carboxylic acids is 2. The van der Waals surface area contributed by atoms with Crippen LogP contribution >= 0.6 is 23.2 Å². The van der Waals surface area contributed by atoms with Crippen LogP contribution in [-0.4, -0.2) is 28.4 Å². The van der Waals surface area contributed by atoms with Crippen LogP contribution < -0.4 is 15.6 Å². The van der Waals surface area contributed by atoms with Gasteiger partial charge >= 0.3 is 0 Å². The lowest BCUT2D eigenvalue weighted by Crippen LogP contribution is -2.43. The normalized spacial score (nSPS) is 10.5. The number of ether oxygens (including phenoxy) is 1. The summed E-state index contributed by atoms with van der Waals surface area (Å²) in [5.74, 6) is -0.686. The van der Waals surface area contributed by atoms with Gasteiger partial charge in [0.15, 0.2) is 6.61 Å². The van der Waals surface area contributed by atoms with Gasteiger partial charge in [-0.1, -0.05) is 23.2 Å². The second-order valence-electron chi connectivity index (χ2n) is 5.00. The highest BCUT2D eigenvalue weighted by molar-refractivity contribution is 6.35. The molecule has 0 atom stereocenters. The van der Waals surface area contributed by atoms with E-state index < -0.39 is 11.8 Å². The van der Waals surface area contributed by atoms with Gasteiger partial charge in [-0.25, -0.2) is 4.98 Å². The molecule has 2 aromatic carbocycles. The Morgan fingerprint density at radius 2 is 1.96 bits per heavy atom. The monoisotopic (exact) mass is 378 g/mol. The molecule has 0 unspecified atom stereocenters. The van der Waals surface area contributed by atoms with E-state index in [1.54, 1.807) is 30.3 Å². The molecule has 25 heavy (non-hydrogen) atoms. The van der Waals surface area contributed by atoms with E-state index in [1.165, 1.54) is 12.4 Å². The number of amides is 2. The van der Waals surface area contributed by atoms with E-state index in [4.69, 9.17) is 27.9 Å². The molecule has 0 spiro atoms. The Kier molecular flexibility index (Phi) is 5.06. The topological polar surface area (TPSA) is 96.1 Å². The number of H-pyrrole nitrogens is 1. The molecule has 7 nitrogen and oxygen atoms in total. The molecular weight excluding hydrogens is 367 g/mol. The highest BCUT2D eigenvalue weighted by Crippen LogP contribution is 2.27. The Balaban J connectivity index is 1.52. The number of aromatic amines is 1. The first kappa shape index (κ1) is 17.1. The Labute approximate surface area is 152 Å². The van der Waals surface area contributed by atoms with Gasteiger partial charge in [0.1, 0.15) is 5.75 Å². The molecule has 0 saturated carbocycles. The number of aromatic nitrogens is 2. The second kappa shape index (κ2) is 7.42. The molecule has 3 rings (SSSR count). The van der Waals surface area contributed by atoms with Crippen LogP contribution in [-0.2, 0) is 4.79 Å². The molecular formula is C16H12Cl2N4O3. The van der Waals surface area contributed by atoms with Gasteiger partial charge in [0, 0.05) is 10.6 Å². The fourth-order valence-corrected chi connectivity index (χ4v) is 2.51. The lowest BCUT2D eigenvalue weighted by atomic mass is 10.2. The fraction of sp³-hybridized carbons (Fsp3) is 0.0625. The summed E-state index contributed by atoms with van der Waals surface area (Å²) in [5, 5.41) is 0.750. The summed E-state index contributed by atoms with van der Waals surface area (Å²) in [6, 6.07) is 9.59. The van der Waals surface area contributed by atoms with Crippen LogP contribution in [0.2, 0.25) is 10.0 Å². The lowest BCUT2D eigenvalue weighted by Gasteiger charge is -2.10. The number of imidazole rings is 1. The molecule has 0 aliphatic rings. The largest absolute Gasteiger partial charge is 0.482 e. The van der Waals surface area contributed by atoms with Crippen molar-refractivity contribution in [2.45, 2.75) is 0 Å². The predicted octanol–water partition coefficient (Wildman–Crippen LogP) is 2.71. The molecule has 9 heteroatoms. The first-order valence-corrected chi connectivity index (χ1v) is 7.89. The third-order valence-corrected chi connectivity index (χ3v) is 3.78. The summed E-state index contributed by atoms with van der Waals surface area (Å²) in [6.07, 6.45) is 1.54. The summed E-state index contributed by atoms with van der Waals surface area (Å²) in [4.78, 5) is 30.8. The molecule has 0 aliphatic heterocycles. The fourth-order valence-electron chi connectivity index (χ4n) is 2.05. The number of carbonyl (C=O) groups is 2. The molecule has 3 N–H and O–H groups in total. The Morgan fingerprint density at radius 1 is 1.12 bits per heavy atom. The van der Waals surface area contributed by atoms with Crippen LogP contribution in [0.25, 0.3) is 11.0 Å². The van der Waals surface area contributed by atoms with Gasteiger partial charge in [-0.2, -0.15) is 0 Å². The molecule has 0 saturated heterocycles. The van der Waals surface area contributed by atoms with Crippen molar-refractivity contribution >= 4 is 46.0 Å². The lowest BCUT2D eigenvalue weighted by molar-refractivity contribution is -0.123. The smallest absolute Gasteiger partial charge is 0.276 e. The first-order valence-electron chi connectivity index (χ1n) is 7.13. The number of rotatable bonds is 4. The summed E-state index contributed by atoms with van der Waals surface area (Å²) >= 11 is 11.7. The van der Waals surface area contributed by atoms with E-state index in [0.29, 0.717) is 16.3 Å². The zero-order valence-corrected chi connectivity index (χ0v) is 14.2. The standard InChI is InChI=1S/C16H12Cl2N4O3/c17-10-2-4-14(11(18)6-10)25-7-15(23)21-22-16(24)9-1-3-12-13(5-9)20-8-19-12/h1-6,8H,7H2,(H,19,20)(H,21,23)(H,22,24). The van der Waals surface area contributed by atoms with Gasteiger partial charge in [-0.05, 0) is 36.4 Å². The summed E-state index contributed by atoms with van der Waals surface area (Å²) in [5.41, 5.74) is 6.41. The van der Waals surface area contributed by atoms with Gasteiger partial charge in [0.25, 0.3) is 11.8 Å². The molecule has 0 fully saturated rings. The second-order valence-corrected chi connectivity index (χ2v) is 5.84. The molecule has 128 valence electrons. The van der Waals surface area contributed by atoms with E-state index in [1.807, 2.05) is 0 Å². The summed E-state index contributed by atoms with van der Waals surface area (Å²) in [7, 11) is 0. The number of nitrogens with one attached hydrogen (secondary N) is 3. The number of halogens is 2. The van der Waals surface area contributed by atoms with Gasteiger partial charge in [-0.3, -0.25) is 20.4 Å². The number of nitrogens with zero attached hydrogens (tertiary/aromatic N) is 1. The average Bonchev–Trinajstić information content (AvgIpc) is 3.06. The van der Waals surface area contributed by atoms with Crippen LogP contribution in [0.3, 0.4) is 0 Å². The number of hydrazine groups is 1. The maximum atomic E-state index is 12.0. The molecule has 1 aromatic heterocycles. The van der Waals surface area contributed by atoms with Gasteiger partial charge < -0.3 is 9.72 Å². The molecule has 2 amide bonds. The van der Waals surface area contributed by atoms with Gasteiger partial charge in [-0.15, -0.1) is 0 Å². The number of benzene rings is 2. The van der Waals surface area contributed by atoms with Crippen LogP contribution in [0, 0.1) is 0 Å². The van der Waals surface area contributed by atoms with E-state index >= 15 is 0 Å². The van der Waals surface area contributed by atoms with Crippen LogP contribution in [0.15, 0.2) is 42.7 Å². The first-order chi connectivity index (χ1) is 12.0. The summed E-state index contributed by atoms with van der Waals surface area (Å²) in [6.45, 7) is -0.318. The predicted molar refractivity (Wildman–Crippen MR) is 93.7 cm³/mol. The molecule has 0 radical (unpaired) electrons. The minimum atomic E-state index is -0.540. The highest BCUT2D eigenvalue weighted by atomic mass is 35.5. The molecule has 0 aliphatic carbocycles. The number of fused-ring (bicyclic) bond motifs is 1. The summed E-state index contributed by atoms with van der Waals surface area (Å²) < 4.78 is 5.27. The third-order valence-electron chi connectivity index (χ3n) is 3.25. The van der Waals surface area contributed by atoms with Crippen LogP contribution in [0.4, 0.5) is 0 Å². The van der Waals surface area contributed by atoms with Crippen molar-refractivity contribution < 1.29 is 14.3 Å². The zero-order chi connectivity index (χ0) is 17.8. The van der Waals surface area contributed by atoms with Crippen molar-refractivity contribution in [1.29, 1.82) is 0 Å². The number of hydrogen-bond acceptors (Lipinski definition) is 4. The molecule has 3 aromatic rings. The minimum absolute atomic E-state index is 0.289. The van der Waals surface area contributed by atoms with Gasteiger partial charge in [0.05, 0.1) is 22.4 Å². The van der Waals surface area contributed by atoms with Crippen molar-refractivity contribution in [2.75, 3.05) is 6.61 Å². The van der Waals surface area contributed by atoms with Crippen molar-refractivity contribution in [3.63, 3.8) is 0 Å². The maximum Gasteiger partial charge on any atom is 0.276 e. The van der Waals surface area contributed by atoms with Crippen molar-refractivity contribution in [1.82, 2.24) is 20.8 Å². The maximum absolute atomic E-state index is 12.0.